The summed E-state index contributed by atoms with van der Waals surface area (Å²) in [6.07, 6.45) is 0.781. The van der Waals surface area contributed by atoms with Gasteiger partial charge >= 0.3 is 6.09 Å². The Morgan fingerprint density at radius 1 is 1.11 bits per heavy atom. The van der Waals surface area contributed by atoms with Crippen molar-refractivity contribution < 1.29 is 13.9 Å². The lowest BCUT2D eigenvalue weighted by atomic mass is 9.91. The SMILES string of the molecule is CC1(C)OC(=O)N(c2ccc(-c3cc(Br)ncc3F)cc2)C1c1ccccc1. The van der Waals surface area contributed by atoms with Crippen LogP contribution in [0.3, 0.4) is 0 Å². The largest absolute Gasteiger partial charge is 0.441 e. The van der Waals surface area contributed by atoms with Crippen LogP contribution in [0.2, 0.25) is 0 Å². The predicted octanol–water partition coefficient (Wildman–Crippen LogP) is 6.13. The average molecular weight is 441 g/mol. The third-order valence-corrected chi connectivity index (χ3v) is 5.29. The number of hydrogen-bond acceptors (Lipinski definition) is 3. The number of aromatic nitrogens is 1. The second-order valence-electron chi connectivity index (χ2n) is 7.19. The molecule has 1 unspecified atom stereocenters. The molecule has 142 valence electrons. The van der Waals surface area contributed by atoms with Crippen molar-refractivity contribution in [1.82, 2.24) is 4.98 Å². The predicted molar refractivity (Wildman–Crippen MR) is 110 cm³/mol. The van der Waals surface area contributed by atoms with Crippen LogP contribution in [0.25, 0.3) is 11.1 Å². The normalized spacial score (nSPS) is 18.2. The number of halogens is 2. The van der Waals surface area contributed by atoms with Crippen LogP contribution in [0.15, 0.2) is 71.5 Å². The fourth-order valence-corrected chi connectivity index (χ4v) is 3.95. The van der Waals surface area contributed by atoms with Gasteiger partial charge in [-0.1, -0.05) is 42.5 Å². The molecule has 1 saturated heterocycles. The summed E-state index contributed by atoms with van der Waals surface area (Å²) < 4.78 is 20.3. The van der Waals surface area contributed by atoms with E-state index in [-0.39, 0.29) is 6.04 Å². The molecule has 0 bridgehead atoms. The van der Waals surface area contributed by atoms with Crippen LogP contribution in [0.1, 0.15) is 25.5 Å². The zero-order chi connectivity index (χ0) is 19.9. The molecule has 28 heavy (non-hydrogen) atoms. The quantitative estimate of drug-likeness (QED) is 0.460. The van der Waals surface area contributed by atoms with Gasteiger partial charge in [0.1, 0.15) is 22.1 Å². The summed E-state index contributed by atoms with van der Waals surface area (Å²) in [6.45, 7) is 3.81. The zero-order valence-electron chi connectivity index (χ0n) is 15.4. The van der Waals surface area contributed by atoms with Crippen LogP contribution in [-0.4, -0.2) is 16.7 Å². The Hall–Kier alpha value is -2.73. The highest BCUT2D eigenvalue weighted by molar-refractivity contribution is 9.10. The lowest BCUT2D eigenvalue weighted by Crippen LogP contribution is -2.33. The first-order valence-corrected chi connectivity index (χ1v) is 9.65. The molecule has 0 radical (unpaired) electrons. The van der Waals surface area contributed by atoms with Gasteiger partial charge in [0.2, 0.25) is 0 Å². The minimum atomic E-state index is -0.681. The molecule has 1 fully saturated rings. The number of carbonyl (C=O) groups is 1. The highest BCUT2D eigenvalue weighted by Crippen LogP contribution is 2.44. The molecular formula is C22H18BrFN2O2. The number of hydrogen-bond donors (Lipinski definition) is 0. The van der Waals surface area contributed by atoms with E-state index < -0.39 is 17.5 Å². The molecule has 0 N–H and O–H groups in total. The molecular weight excluding hydrogens is 423 g/mol. The molecule has 1 aliphatic heterocycles. The number of rotatable bonds is 3. The number of ether oxygens (including phenoxy) is 1. The summed E-state index contributed by atoms with van der Waals surface area (Å²) in [4.78, 5) is 18.2. The monoisotopic (exact) mass is 440 g/mol. The number of nitrogens with zero attached hydrogens (tertiary/aromatic N) is 2. The van der Waals surface area contributed by atoms with Crippen molar-refractivity contribution in [2.24, 2.45) is 0 Å². The molecule has 1 aliphatic rings. The Morgan fingerprint density at radius 3 is 2.46 bits per heavy atom. The molecule has 0 aliphatic carbocycles. The number of carbonyl (C=O) groups excluding carboxylic acids is 1. The lowest BCUT2D eigenvalue weighted by molar-refractivity contribution is 0.0685. The van der Waals surface area contributed by atoms with Gasteiger partial charge in [0, 0.05) is 11.3 Å². The number of cyclic esters (lactones) is 1. The fraction of sp³-hybridized carbons (Fsp3) is 0.182. The topological polar surface area (TPSA) is 42.4 Å². The van der Waals surface area contributed by atoms with Gasteiger partial charge in [0.05, 0.1) is 6.20 Å². The van der Waals surface area contributed by atoms with Crippen molar-refractivity contribution in [3.05, 3.63) is 82.8 Å². The first kappa shape index (κ1) is 18.6. The van der Waals surface area contributed by atoms with Gasteiger partial charge in [-0.25, -0.2) is 14.2 Å². The maximum absolute atomic E-state index is 14.1. The first-order valence-electron chi connectivity index (χ1n) is 8.85. The molecule has 4 nitrogen and oxygen atoms in total. The van der Waals surface area contributed by atoms with E-state index in [1.54, 1.807) is 23.1 Å². The van der Waals surface area contributed by atoms with E-state index in [4.69, 9.17) is 4.74 Å². The van der Waals surface area contributed by atoms with Crippen LogP contribution < -0.4 is 4.90 Å². The zero-order valence-corrected chi connectivity index (χ0v) is 17.0. The number of pyridine rings is 1. The summed E-state index contributed by atoms with van der Waals surface area (Å²) in [5.74, 6) is -0.403. The van der Waals surface area contributed by atoms with E-state index >= 15 is 0 Å². The Morgan fingerprint density at radius 2 is 1.79 bits per heavy atom. The molecule has 2 heterocycles. The van der Waals surface area contributed by atoms with Gasteiger partial charge in [-0.05, 0) is 59.1 Å². The Kier molecular flexibility index (Phi) is 4.67. The molecule has 0 spiro atoms. The lowest BCUT2D eigenvalue weighted by Gasteiger charge is -2.29. The Labute approximate surface area is 171 Å². The van der Waals surface area contributed by atoms with Crippen LogP contribution in [0.4, 0.5) is 14.9 Å². The third-order valence-electron chi connectivity index (χ3n) is 4.86. The number of benzene rings is 2. The minimum absolute atomic E-state index is 0.265. The summed E-state index contributed by atoms with van der Waals surface area (Å²) >= 11 is 3.27. The summed E-state index contributed by atoms with van der Waals surface area (Å²) in [5, 5.41) is 0. The number of amides is 1. The van der Waals surface area contributed by atoms with E-state index in [1.807, 2.05) is 56.3 Å². The second kappa shape index (κ2) is 7.02. The second-order valence-corrected chi connectivity index (χ2v) is 8.00. The van der Waals surface area contributed by atoms with Gasteiger partial charge in [-0.15, -0.1) is 0 Å². The fourth-order valence-electron chi connectivity index (χ4n) is 3.62. The van der Waals surface area contributed by atoms with Gasteiger partial charge in [0.25, 0.3) is 0 Å². The molecule has 1 aromatic heterocycles. The van der Waals surface area contributed by atoms with E-state index in [0.717, 1.165) is 5.56 Å². The van der Waals surface area contributed by atoms with E-state index in [9.17, 15) is 9.18 Å². The summed E-state index contributed by atoms with van der Waals surface area (Å²) in [5.41, 5.74) is 2.15. The van der Waals surface area contributed by atoms with Gasteiger partial charge in [-0.3, -0.25) is 4.90 Å². The van der Waals surface area contributed by atoms with E-state index in [1.165, 1.54) is 6.20 Å². The molecule has 6 heteroatoms. The van der Waals surface area contributed by atoms with Crippen molar-refractivity contribution in [3.63, 3.8) is 0 Å². The molecule has 3 aromatic rings. The Bertz CT molecular complexity index is 1020. The van der Waals surface area contributed by atoms with Crippen LogP contribution in [0.5, 0.6) is 0 Å². The van der Waals surface area contributed by atoms with Crippen molar-refractivity contribution >= 4 is 27.7 Å². The standard InChI is InChI=1S/C22H18BrFN2O2/c1-22(2)20(15-6-4-3-5-7-15)26(21(27)28-22)16-10-8-14(9-11-16)17-12-19(23)25-13-18(17)24/h3-13,20H,1-2H3. The van der Waals surface area contributed by atoms with Crippen molar-refractivity contribution in [3.8, 4) is 11.1 Å². The smallest absolute Gasteiger partial charge is 0.415 e. The minimum Gasteiger partial charge on any atom is -0.441 e. The highest BCUT2D eigenvalue weighted by atomic mass is 79.9. The molecule has 0 saturated carbocycles. The highest BCUT2D eigenvalue weighted by Gasteiger charge is 2.49. The third kappa shape index (κ3) is 3.29. The maximum Gasteiger partial charge on any atom is 0.415 e. The Balaban J connectivity index is 1.73. The van der Waals surface area contributed by atoms with Crippen molar-refractivity contribution in [2.75, 3.05) is 4.90 Å². The maximum atomic E-state index is 14.1. The number of anilines is 1. The summed E-state index contributed by atoms with van der Waals surface area (Å²) in [6, 6.07) is 18.4. The van der Waals surface area contributed by atoms with Crippen LogP contribution in [-0.2, 0) is 4.74 Å². The van der Waals surface area contributed by atoms with Crippen molar-refractivity contribution in [1.29, 1.82) is 0 Å². The molecule has 1 amide bonds. The molecule has 4 rings (SSSR count). The average Bonchev–Trinajstić information content (AvgIpc) is 2.93. The summed E-state index contributed by atoms with van der Waals surface area (Å²) in [7, 11) is 0. The van der Waals surface area contributed by atoms with E-state index in [2.05, 4.69) is 20.9 Å². The van der Waals surface area contributed by atoms with E-state index in [0.29, 0.717) is 21.4 Å². The van der Waals surface area contributed by atoms with Gasteiger partial charge in [0.15, 0.2) is 0 Å². The van der Waals surface area contributed by atoms with Crippen LogP contribution >= 0.6 is 15.9 Å². The first-order chi connectivity index (χ1) is 13.4. The molecule has 2 aromatic carbocycles. The van der Waals surface area contributed by atoms with Crippen molar-refractivity contribution in [2.45, 2.75) is 25.5 Å². The van der Waals surface area contributed by atoms with Gasteiger partial charge < -0.3 is 4.74 Å². The van der Waals surface area contributed by atoms with Gasteiger partial charge in [-0.2, -0.15) is 0 Å². The molecule has 1 atom stereocenters. The van der Waals surface area contributed by atoms with Crippen LogP contribution in [0, 0.1) is 5.82 Å².